The van der Waals surface area contributed by atoms with Crippen molar-refractivity contribution >= 4 is 9.84 Å². The number of nitrogens with one attached hydrogen (secondary N) is 1. The highest BCUT2D eigenvalue weighted by atomic mass is 32.2. The largest absolute Gasteiger partial charge is 0.387 e. The maximum absolute atomic E-state index is 11.4. The molecule has 0 aliphatic carbocycles. The van der Waals surface area contributed by atoms with Gasteiger partial charge in [0.1, 0.15) is 0 Å². The van der Waals surface area contributed by atoms with Gasteiger partial charge in [-0.3, -0.25) is 0 Å². The minimum Gasteiger partial charge on any atom is -0.387 e. The minimum atomic E-state index is -3.19. The lowest BCUT2D eigenvalue weighted by atomic mass is 10.1. The standard InChI is InChI=1S/C11H17NO3S/c1-8-6-9(10(13)7-12-2)4-5-11(8)16(3,14)15/h4-6,10,12-13H,7H2,1-3H3. The quantitative estimate of drug-likeness (QED) is 0.815. The maximum Gasteiger partial charge on any atom is 0.175 e. The second-order valence-corrected chi connectivity index (χ2v) is 5.85. The zero-order valence-electron chi connectivity index (χ0n) is 9.69. The summed E-state index contributed by atoms with van der Waals surface area (Å²) in [4.78, 5) is 0.313. The molecule has 0 aliphatic rings. The van der Waals surface area contributed by atoms with Crippen LogP contribution in [0.2, 0.25) is 0 Å². The van der Waals surface area contributed by atoms with E-state index in [1.807, 2.05) is 0 Å². The van der Waals surface area contributed by atoms with Crippen molar-refractivity contribution in [1.29, 1.82) is 0 Å². The summed E-state index contributed by atoms with van der Waals surface area (Å²) >= 11 is 0. The summed E-state index contributed by atoms with van der Waals surface area (Å²) in [6.45, 7) is 2.17. The van der Waals surface area contributed by atoms with Gasteiger partial charge < -0.3 is 10.4 Å². The molecule has 0 radical (unpaired) electrons. The Kier molecular flexibility index (Phi) is 4.07. The van der Waals surface area contributed by atoms with Crippen LogP contribution >= 0.6 is 0 Å². The van der Waals surface area contributed by atoms with Gasteiger partial charge in [-0.2, -0.15) is 0 Å². The van der Waals surface area contributed by atoms with Crippen molar-refractivity contribution in [2.45, 2.75) is 17.9 Å². The van der Waals surface area contributed by atoms with Gasteiger partial charge in [-0.1, -0.05) is 12.1 Å². The topological polar surface area (TPSA) is 66.4 Å². The van der Waals surface area contributed by atoms with E-state index < -0.39 is 15.9 Å². The Labute approximate surface area is 96.2 Å². The minimum absolute atomic E-state index is 0.313. The summed E-state index contributed by atoms with van der Waals surface area (Å²) in [6.07, 6.45) is 0.566. The molecule has 1 aromatic carbocycles. The zero-order valence-corrected chi connectivity index (χ0v) is 10.5. The summed E-state index contributed by atoms with van der Waals surface area (Å²) in [6, 6.07) is 4.89. The molecule has 0 spiro atoms. The third-order valence-electron chi connectivity index (χ3n) is 2.38. The second kappa shape index (κ2) is 4.95. The Hall–Kier alpha value is -0.910. The highest BCUT2D eigenvalue weighted by Gasteiger charge is 2.13. The average molecular weight is 243 g/mol. The Morgan fingerprint density at radius 3 is 2.50 bits per heavy atom. The first-order valence-electron chi connectivity index (χ1n) is 4.99. The Morgan fingerprint density at radius 1 is 1.44 bits per heavy atom. The summed E-state index contributed by atoms with van der Waals surface area (Å²) in [5, 5.41) is 12.6. The molecule has 0 amide bonds. The first kappa shape index (κ1) is 13.2. The molecule has 1 atom stereocenters. The number of hydrogen-bond donors (Lipinski definition) is 2. The van der Waals surface area contributed by atoms with Crippen LogP contribution in [-0.4, -0.2) is 33.4 Å². The van der Waals surface area contributed by atoms with Crippen LogP contribution in [-0.2, 0) is 9.84 Å². The van der Waals surface area contributed by atoms with Gasteiger partial charge in [0.2, 0.25) is 0 Å². The van der Waals surface area contributed by atoms with Gasteiger partial charge in [-0.05, 0) is 31.2 Å². The molecule has 1 unspecified atom stereocenters. The zero-order chi connectivity index (χ0) is 12.3. The van der Waals surface area contributed by atoms with E-state index in [0.29, 0.717) is 17.0 Å². The molecule has 1 aromatic rings. The first-order chi connectivity index (χ1) is 7.36. The number of rotatable bonds is 4. The predicted octanol–water partition coefficient (Wildman–Crippen LogP) is 0.651. The Balaban J connectivity index is 3.09. The lowest BCUT2D eigenvalue weighted by Gasteiger charge is -2.12. The van der Waals surface area contributed by atoms with Gasteiger partial charge >= 0.3 is 0 Å². The van der Waals surface area contributed by atoms with E-state index in [4.69, 9.17) is 0 Å². The highest BCUT2D eigenvalue weighted by Crippen LogP contribution is 2.20. The third kappa shape index (κ3) is 3.04. The molecule has 0 heterocycles. The molecule has 1 rings (SSSR count). The van der Waals surface area contributed by atoms with E-state index >= 15 is 0 Å². The molecule has 0 saturated heterocycles. The SMILES string of the molecule is CNCC(O)c1ccc(S(C)(=O)=O)c(C)c1. The molecule has 0 saturated carbocycles. The van der Waals surface area contributed by atoms with E-state index in [0.717, 1.165) is 5.56 Å². The number of aliphatic hydroxyl groups is 1. The van der Waals surface area contributed by atoms with Crippen molar-refractivity contribution in [2.75, 3.05) is 19.8 Å². The molecule has 90 valence electrons. The van der Waals surface area contributed by atoms with Crippen molar-refractivity contribution < 1.29 is 13.5 Å². The van der Waals surface area contributed by atoms with Gasteiger partial charge in [-0.15, -0.1) is 0 Å². The second-order valence-electron chi connectivity index (χ2n) is 3.87. The number of aryl methyl sites for hydroxylation is 1. The predicted molar refractivity (Wildman–Crippen MR) is 63.2 cm³/mol. The molecule has 0 fully saturated rings. The fourth-order valence-electron chi connectivity index (χ4n) is 1.61. The fraction of sp³-hybridized carbons (Fsp3) is 0.455. The fourth-order valence-corrected chi connectivity index (χ4v) is 2.57. The van der Waals surface area contributed by atoms with Gasteiger partial charge in [0.15, 0.2) is 9.84 Å². The molecular formula is C11H17NO3S. The van der Waals surface area contributed by atoms with Crippen LogP contribution < -0.4 is 5.32 Å². The monoisotopic (exact) mass is 243 g/mol. The van der Waals surface area contributed by atoms with E-state index in [9.17, 15) is 13.5 Å². The molecule has 2 N–H and O–H groups in total. The highest BCUT2D eigenvalue weighted by molar-refractivity contribution is 7.90. The lowest BCUT2D eigenvalue weighted by molar-refractivity contribution is 0.177. The van der Waals surface area contributed by atoms with Crippen molar-refractivity contribution in [3.8, 4) is 0 Å². The Bertz CT molecular complexity index is 468. The van der Waals surface area contributed by atoms with E-state index in [1.54, 1.807) is 32.2 Å². The van der Waals surface area contributed by atoms with E-state index in [1.165, 1.54) is 6.26 Å². The van der Waals surface area contributed by atoms with E-state index in [-0.39, 0.29) is 0 Å². The van der Waals surface area contributed by atoms with E-state index in [2.05, 4.69) is 5.32 Å². The van der Waals surface area contributed by atoms with Crippen LogP contribution in [0.25, 0.3) is 0 Å². The maximum atomic E-state index is 11.4. The molecule has 0 aliphatic heterocycles. The first-order valence-corrected chi connectivity index (χ1v) is 6.88. The number of benzene rings is 1. The average Bonchev–Trinajstić information content (AvgIpc) is 2.16. The van der Waals surface area contributed by atoms with Gasteiger partial charge in [0.25, 0.3) is 0 Å². The normalized spacial score (nSPS) is 13.8. The van der Waals surface area contributed by atoms with Gasteiger partial charge in [0.05, 0.1) is 11.0 Å². The summed E-state index contributed by atoms with van der Waals surface area (Å²) in [5.74, 6) is 0. The number of sulfone groups is 1. The van der Waals surface area contributed by atoms with Gasteiger partial charge in [0, 0.05) is 12.8 Å². The van der Waals surface area contributed by atoms with Crippen LogP contribution in [0.15, 0.2) is 23.1 Å². The molecule has 5 heteroatoms. The van der Waals surface area contributed by atoms with Crippen molar-refractivity contribution in [3.05, 3.63) is 29.3 Å². The van der Waals surface area contributed by atoms with Crippen LogP contribution in [0.4, 0.5) is 0 Å². The molecule has 0 bridgehead atoms. The lowest BCUT2D eigenvalue weighted by Crippen LogP contribution is -2.17. The summed E-state index contributed by atoms with van der Waals surface area (Å²) in [5.41, 5.74) is 1.38. The summed E-state index contributed by atoms with van der Waals surface area (Å²) < 4.78 is 22.8. The van der Waals surface area contributed by atoms with Crippen molar-refractivity contribution in [3.63, 3.8) is 0 Å². The van der Waals surface area contributed by atoms with Crippen LogP contribution in [0.1, 0.15) is 17.2 Å². The number of aliphatic hydroxyl groups excluding tert-OH is 1. The van der Waals surface area contributed by atoms with Crippen molar-refractivity contribution in [1.82, 2.24) is 5.32 Å². The molecule has 16 heavy (non-hydrogen) atoms. The van der Waals surface area contributed by atoms with Crippen LogP contribution in [0.3, 0.4) is 0 Å². The smallest absolute Gasteiger partial charge is 0.175 e. The molecular weight excluding hydrogens is 226 g/mol. The van der Waals surface area contributed by atoms with Gasteiger partial charge in [-0.25, -0.2) is 8.42 Å². The third-order valence-corrected chi connectivity index (χ3v) is 3.64. The molecule has 4 nitrogen and oxygen atoms in total. The van der Waals surface area contributed by atoms with Crippen molar-refractivity contribution in [2.24, 2.45) is 0 Å². The Morgan fingerprint density at radius 2 is 2.06 bits per heavy atom. The number of hydrogen-bond acceptors (Lipinski definition) is 4. The number of likely N-dealkylation sites (N-methyl/N-ethyl adjacent to an activating group) is 1. The van der Waals surface area contributed by atoms with Crippen LogP contribution in [0, 0.1) is 6.92 Å². The molecule has 0 aromatic heterocycles. The van der Waals surface area contributed by atoms with Crippen LogP contribution in [0.5, 0.6) is 0 Å². The summed E-state index contributed by atoms with van der Waals surface area (Å²) in [7, 11) is -1.43.